The summed E-state index contributed by atoms with van der Waals surface area (Å²) < 4.78 is 0. The first-order valence-corrected chi connectivity index (χ1v) is 8.56. The largest absolute Gasteiger partial charge is 0.364 e. The summed E-state index contributed by atoms with van der Waals surface area (Å²) in [6.07, 6.45) is 3.56. The van der Waals surface area contributed by atoms with Gasteiger partial charge in [-0.25, -0.2) is 0 Å². The lowest BCUT2D eigenvalue weighted by Crippen LogP contribution is -2.63. The lowest BCUT2D eigenvalue weighted by atomic mass is 9.75. The van der Waals surface area contributed by atoms with Gasteiger partial charge in [0.25, 0.3) is 0 Å². The van der Waals surface area contributed by atoms with E-state index in [9.17, 15) is 9.59 Å². The van der Waals surface area contributed by atoms with E-state index in [-0.39, 0.29) is 29.4 Å². The average molecular weight is 325 g/mol. The summed E-state index contributed by atoms with van der Waals surface area (Å²) in [6, 6.07) is 7.39. The zero-order chi connectivity index (χ0) is 17.1. The summed E-state index contributed by atoms with van der Waals surface area (Å²) in [6.45, 7) is 5.93. The summed E-state index contributed by atoms with van der Waals surface area (Å²) in [5.74, 6) is -0.0312. The first-order chi connectivity index (χ1) is 11.4. The molecule has 2 saturated heterocycles. The highest BCUT2D eigenvalue weighted by Gasteiger charge is 2.61. The van der Waals surface area contributed by atoms with E-state index < -0.39 is 6.04 Å². The number of amides is 2. The van der Waals surface area contributed by atoms with Gasteiger partial charge in [-0.2, -0.15) is 0 Å². The van der Waals surface area contributed by atoms with E-state index in [1.54, 1.807) is 11.8 Å². The Labute approximate surface area is 142 Å². The molecule has 2 N–H and O–H groups in total. The third kappa shape index (κ3) is 1.93. The predicted molar refractivity (Wildman–Crippen MR) is 92.4 cm³/mol. The third-order valence-electron chi connectivity index (χ3n) is 5.61. The summed E-state index contributed by atoms with van der Waals surface area (Å²) >= 11 is 0. The predicted octanol–water partition coefficient (Wildman–Crippen LogP) is 2.15. The Morgan fingerprint density at radius 1 is 1.29 bits per heavy atom. The van der Waals surface area contributed by atoms with E-state index in [1.165, 1.54) is 11.1 Å². The first-order valence-electron chi connectivity index (χ1n) is 8.56. The molecule has 4 rings (SSSR count). The maximum atomic E-state index is 12.8. The molecule has 5 nitrogen and oxygen atoms in total. The van der Waals surface area contributed by atoms with Crippen LogP contribution >= 0.6 is 0 Å². The number of carbonyl (C=O) groups excluding carboxylic acids is 2. The van der Waals surface area contributed by atoms with Gasteiger partial charge in [-0.3, -0.25) is 9.59 Å². The Balaban J connectivity index is 1.84. The van der Waals surface area contributed by atoms with Crippen LogP contribution in [-0.2, 0) is 15.0 Å². The van der Waals surface area contributed by atoms with E-state index in [2.05, 4.69) is 42.7 Å². The molecule has 2 amide bonds. The SMILES string of the molecule is CC(C)=CC[C@@]12C[C@H]3C(=O)N[C@@H](C)C(=O)N3[C@@H]1Nc1ccccc12. The van der Waals surface area contributed by atoms with Gasteiger partial charge >= 0.3 is 0 Å². The van der Waals surface area contributed by atoms with Crippen LogP contribution in [0.15, 0.2) is 35.9 Å². The molecule has 0 spiro atoms. The molecule has 126 valence electrons. The van der Waals surface area contributed by atoms with Crippen LogP contribution in [-0.4, -0.2) is 35.0 Å². The van der Waals surface area contributed by atoms with Gasteiger partial charge in [0.05, 0.1) is 0 Å². The van der Waals surface area contributed by atoms with Gasteiger partial charge in [-0.15, -0.1) is 0 Å². The number of para-hydroxylation sites is 1. The van der Waals surface area contributed by atoms with E-state index in [0.29, 0.717) is 6.42 Å². The van der Waals surface area contributed by atoms with Crippen molar-refractivity contribution in [2.45, 2.75) is 57.3 Å². The molecule has 24 heavy (non-hydrogen) atoms. The fourth-order valence-corrected chi connectivity index (χ4v) is 4.44. The Hall–Kier alpha value is -2.30. The summed E-state index contributed by atoms with van der Waals surface area (Å²) in [5, 5.41) is 6.35. The second-order valence-electron chi connectivity index (χ2n) is 7.43. The maximum absolute atomic E-state index is 12.8. The lowest BCUT2D eigenvalue weighted by molar-refractivity contribution is -0.148. The smallest absolute Gasteiger partial charge is 0.247 e. The van der Waals surface area contributed by atoms with Crippen molar-refractivity contribution in [3.63, 3.8) is 0 Å². The minimum Gasteiger partial charge on any atom is -0.364 e. The van der Waals surface area contributed by atoms with Crippen molar-refractivity contribution in [3.05, 3.63) is 41.5 Å². The van der Waals surface area contributed by atoms with Gasteiger partial charge in [-0.05, 0) is 45.2 Å². The van der Waals surface area contributed by atoms with Gasteiger partial charge in [-0.1, -0.05) is 29.8 Å². The number of piperazine rings is 1. The Bertz CT molecular complexity index is 753. The summed E-state index contributed by atoms with van der Waals surface area (Å²) in [4.78, 5) is 27.1. The topological polar surface area (TPSA) is 61.4 Å². The fourth-order valence-electron chi connectivity index (χ4n) is 4.44. The number of anilines is 1. The van der Waals surface area contributed by atoms with Crippen molar-refractivity contribution in [1.82, 2.24) is 10.2 Å². The average Bonchev–Trinajstić information content (AvgIpc) is 3.02. The highest BCUT2D eigenvalue weighted by Crippen LogP contribution is 2.53. The van der Waals surface area contributed by atoms with Gasteiger partial charge in [0.1, 0.15) is 18.2 Å². The van der Waals surface area contributed by atoms with Crippen molar-refractivity contribution in [2.24, 2.45) is 0 Å². The molecular weight excluding hydrogens is 302 g/mol. The standard InChI is InChI=1S/C19H23N3O2/c1-11(2)8-9-19-10-15-16(23)20-12(3)17(24)22(15)18(19)21-14-7-5-4-6-13(14)19/h4-8,12,15,18,21H,9-10H2,1-3H3,(H,20,23)/t12-,15-,18-,19-/m0/s1. The lowest BCUT2D eigenvalue weighted by Gasteiger charge is -2.37. The fraction of sp³-hybridized carbons (Fsp3) is 0.474. The van der Waals surface area contributed by atoms with Gasteiger partial charge in [0.15, 0.2) is 0 Å². The van der Waals surface area contributed by atoms with E-state index >= 15 is 0 Å². The first kappa shape index (κ1) is 15.2. The van der Waals surface area contributed by atoms with Crippen LogP contribution in [0, 0.1) is 0 Å². The van der Waals surface area contributed by atoms with Gasteiger partial charge in [0.2, 0.25) is 11.8 Å². The molecule has 0 unspecified atom stereocenters. The molecule has 5 heteroatoms. The molecular formula is C19H23N3O2. The second kappa shape index (κ2) is 5.10. The molecule has 0 radical (unpaired) electrons. The van der Waals surface area contributed by atoms with Gasteiger partial charge in [0, 0.05) is 11.1 Å². The van der Waals surface area contributed by atoms with Crippen LogP contribution in [0.3, 0.4) is 0 Å². The highest BCUT2D eigenvalue weighted by molar-refractivity contribution is 5.98. The Morgan fingerprint density at radius 3 is 2.79 bits per heavy atom. The molecule has 0 saturated carbocycles. The van der Waals surface area contributed by atoms with Crippen LogP contribution in [0.2, 0.25) is 0 Å². The van der Waals surface area contributed by atoms with Crippen molar-refractivity contribution >= 4 is 17.5 Å². The van der Waals surface area contributed by atoms with Crippen LogP contribution < -0.4 is 10.6 Å². The molecule has 3 aliphatic heterocycles. The van der Waals surface area contributed by atoms with Crippen molar-refractivity contribution in [3.8, 4) is 0 Å². The van der Waals surface area contributed by atoms with Crippen LogP contribution in [0.5, 0.6) is 0 Å². The normalized spacial score (nSPS) is 33.3. The minimum atomic E-state index is -0.460. The van der Waals surface area contributed by atoms with E-state index in [0.717, 1.165) is 12.1 Å². The quantitative estimate of drug-likeness (QED) is 0.819. The molecule has 0 aromatic heterocycles. The molecule has 3 heterocycles. The van der Waals surface area contributed by atoms with E-state index in [1.807, 2.05) is 12.1 Å². The van der Waals surface area contributed by atoms with Crippen molar-refractivity contribution in [2.75, 3.05) is 5.32 Å². The number of nitrogens with zero attached hydrogens (tertiary/aromatic N) is 1. The monoisotopic (exact) mass is 325 g/mol. The molecule has 1 aromatic rings. The van der Waals surface area contributed by atoms with E-state index in [4.69, 9.17) is 0 Å². The Morgan fingerprint density at radius 2 is 2.04 bits per heavy atom. The molecule has 0 bridgehead atoms. The molecule has 3 aliphatic rings. The number of carbonyl (C=O) groups is 2. The van der Waals surface area contributed by atoms with Crippen LogP contribution in [0.4, 0.5) is 5.69 Å². The Kier molecular flexibility index (Phi) is 3.24. The molecule has 0 aliphatic carbocycles. The molecule has 1 aromatic carbocycles. The minimum absolute atomic E-state index is 0.00369. The van der Waals surface area contributed by atoms with Crippen LogP contribution in [0.1, 0.15) is 39.2 Å². The summed E-state index contributed by atoms with van der Waals surface area (Å²) in [5.41, 5.74) is 3.31. The number of allylic oxidation sites excluding steroid dienone is 2. The highest BCUT2D eigenvalue weighted by atomic mass is 16.2. The number of fused-ring (bicyclic) bond motifs is 5. The second-order valence-corrected chi connectivity index (χ2v) is 7.43. The zero-order valence-corrected chi connectivity index (χ0v) is 14.3. The number of nitrogens with one attached hydrogen (secondary N) is 2. The van der Waals surface area contributed by atoms with Crippen molar-refractivity contribution in [1.29, 1.82) is 0 Å². The molecule has 4 atom stereocenters. The molecule has 2 fully saturated rings. The number of rotatable bonds is 2. The number of hydrogen-bond donors (Lipinski definition) is 2. The maximum Gasteiger partial charge on any atom is 0.247 e. The van der Waals surface area contributed by atoms with Gasteiger partial charge < -0.3 is 15.5 Å². The number of benzene rings is 1. The van der Waals surface area contributed by atoms with Crippen LogP contribution in [0.25, 0.3) is 0 Å². The number of hydrogen-bond acceptors (Lipinski definition) is 3. The summed E-state index contributed by atoms with van der Waals surface area (Å²) in [7, 11) is 0. The zero-order valence-electron chi connectivity index (χ0n) is 14.3. The third-order valence-corrected chi connectivity index (χ3v) is 5.61. The van der Waals surface area contributed by atoms with Crippen molar-refractivity contribution < 1.29 is 9.59 Å².